The van der Waals surface area contributed by atoms with Crippen LogP contribution in [0, 0.1) is 0 Å². The zero-order valence-electron chi connectivity index (χ0n) is 13.3. The van der Waals surface area contributed by atoms with Crippen LogP contribution < -0.4 is 9.47 Å². The summed E-state index contributed by atoms with van der Waals surface area (Å²) in [5.74, 6) is 0.965. The average Bonchev–Trinajstić information content (AvgIpc) is 2.59. The predicted octanol–water partition coefficient (Wildman–Crippen LogP) is 2.97. The molecule has 0 aromatic heterocycles. The van der Waals surface area contributed by atoms with Crippen molar-refractivity contribution in [1.29, 1.82) is 0 Å². The average molecular weight is 316 g/mol. The first kappa shape index (κ1) is 16.8. The standard InChI is InChI=1S/C18H20O5/c1-4-18(19)23-13(11-20-2)12-22-17-10-9-16(21-3)14-7-5-6-8-15(14)17/h4-10,13H,1,11-12H2,2-3H3. The molecule has 2 rings (SSSR count). The minimum atomic E-state index is -0.508. The van der Waals surface area contributed by atoms with E-state index in [9.17, 15) is 4.79 Å². The van der Waals surface area contributed by atoms with Gasteiger partial charge in [0, 0.05) is 24.0 Å². The van der Waals surface area contributed by atoms with E-state index in [4.69, 9.17) is 18.9 Å². The third-order valence-corrected chi connectivity index (χ3v) is 3.29. The molecule has 1 atom stereocenters. The van der Waals surface area contributed by atoms with Gasteiger partial charge in [-0.05, 0) is 12.1 Å². The summed E-state index contributed by atoms with van der Waals surface area (Å²) in [5.41, 5.74) is 0. The van der Waals surface area contributed by atoms with Crippen LogP contribution in [0.25, 0.3) is 10.8 Å². The first-order chi connectivity index (χ1) is 11.2. The predicted molar refractivity (Wildman–Crippen MR) is 87.9 cm³/mol. The number of hydrogen-bond donors (Lipinski definition) is 0. The van der Waals surface area contributed by atoms with Crippen LogP contribution in [0.1, 0.15) is 0 Å². The number of fused-ring (bicyclic) bond motifs is 1. The zero-order chi connectivity index (χ0) is 16.7. The number of carbonyl (C=O) groups excluding carboxylic acids is 1. The maximum absolute atomic E-state index is 11.3. The molecule has 0 amide bonds. The number of esters is 1. The lowest BCUT2D eigenvalue weighted by Crippen LogP contribution is -2.28. The second-order valence-corrected chi connectivity index (χ2v) is 4.84. The van der Waals surface area contributed by atoms with Crippen LogP contribution in [0.2, 0.25) is 0 Å². The molecule has 0 aliphatic rings. The summed E-state index contributed by atoms with van der Waals surface area (Å²) < 4.78 is 21.4. The molecule has 0 saturated heterocycles. The Hall–Kier alpha value is -2.53. The van der Waals surface area contributed by atoms with E-state index >= 15 is 0 Å². The topological polar surface area (TPSA) is 54.0 Å². The Morgan fingerprint density at radius 3 is 2.35 bits per heavy atom. The summed E-state index contributed by atoms with van der Waals surface area (Å²) in [6, 6.07) is 11.5. The van der Waals surface area contributed by atoms with Gasteiger partial charge in [-0.2, -0.15) is 0 Å². The van der Waals surface area contributed by atoms with Crippen molar-refractivity contribution in [2.45, 2.75) is 6.10 Å². The smallest absolute Gasteiger partial charge is 0.330 e. The molecule has 0 fully saturated rings. The lowest BCUT2D eigenvalue weighted by Gasteiger charge is -2.18. The van der Waals surface area contributed by atoms with Gasteiger partial charge in [0.15, 0.2) is 6.10 Å². The fraction of sp³-hybridized carbons (Fsp3) is 0.278. The number of carbonyl (C=O) groups is 1. The van der Waals surface area contributed by atoms with Gasteiger partial charge in [0.1, 0.15) is 18.1 Å². The first-order valence-electron chi connectivity index (χ1n) is 7.20. The Labute approximate surface area is 135 Å². The lowest BCUT2D eigenvalue weighted by molar-refractivity contribution is -0.147. The molecule has 23 heavy (non-hydrogen) atoms. The Balaban J connectivity index is 2.17. The Morgan fingerprint density at radius 2 is 1.74 bits per heavy atom. The van der Waals surface area contributed by atoms with Gasteiger partial charge in [-0.15, -0.1) is 0 Å². The van der Waals surface area contributed by atoms with Crippen molar-refractivity contribution in [2.75, 3.05) is 27.4 Å². The van der Waals surface area contributed by atoms with Crippen LogP contribution in [0.3, 0.4) is 0 Å². The number of rotatable bonds is 8. The summed E-state index contributed by atoms with van der Waals surface area (Å²) in [6.45, 7) is 3.81. The number of benzene rings is 2. The second kappa shape index (κ2) is 8.19. The van der Waals surface area contributed by atoms with E-state index in [1.54, 1.807) is 7.11 Å². The maximum atomic E-state index is 11.3. The lowest BCUT2D eigenvalue weighted by atomic mass is 10.1. The van der Waals surface area contributed by atoms with Crippen LogP contribution >= 0.6 is 0 Å². The van der Waals surface area contributed by atoms with Crippen molar-refractivity contribution in [2.24, 2.45) is 0 Å². The van der Waals surface area contributed by atoms with Gasteiger partial charge < -0.3 is 18.9 Å². The third-order valence-electron chi connectivity index (χ3n) is 3.29. The van der Waals surface area contributed by atoms with Gasteiger partial charge in [0.05, 0.1) is 13.7 Å². The molecule has 0 spiro atoms. The van der Waals surface area contributed by atoms with E-state index in [-0.39, 0.29) is 13.2 Å². The molecule has 0 aliphatic carbocycles. The SMILES string of the molecule is C=CC(=O)OC(COC)COc1ccc(OC)c2ccccc12. The van der Waals surface area contributed by atoms with Gasteiger partial charge in [-0.3, -0.25) is 0 Å². The highest BCUT2D eigenvalue weighted by Gasteiger charge is 2.15. The molecule has 0 aliphatic heterocycles. The number of ether oxygens (including phenoxy) is 4. The monoisotopic (exact) mass is 316 g/mol. The van der Waals surface area contributed by atoms with Gasteiger partial charge in [0.25, 0.3) is 0 Å². The van der Waals surface area contributed by atoms with E-state index in [1.165, 1.54) is 7.11 Å². The quantitative estimate of drug-likeness (QED) is 0.553. The molecular formula is C18H20O5. The van der Waals surface area contributed by atoms with E-state index in [2.05, 4.69) is 6.58 Å². The van der Waals surface area contributed by atoms with E-state index in [0.717, 1.165) is 22.6 Å². The van der Waals surface area contributed by atoms with Crippen molar-refractivity contribution in [3.05, 3.63) is 49.1 Å². The normalized spacial score (nSPS) is 11.7. The Morgan fingerprint density at radius 1 is 1.09 bits per heavy atom. The van der Waals surface area contributed by atoms with Crippen molar-refractivity contribution in [1.82, 2.24) is 0 Å². The largest absolute Gasteiger partial charge is 0.496 e. The summed E-state index contributed by atoms with van der Waals surface area (Å²) in [4.78, 5) is 11.3. The van der Waals surface area contributed by atoms with Crippen molar-refractivity contribution < 1.29 is 23.7 Å². The fourth-order valence-electron chi connectivity index (χ4n) is 2.24. The van der Waals surface area contributed by atoms with Crippen LogP contribution in [0.5, 0.6) is 11.5 Å². The second-order valence-electron chi connectivity index (χ2n) is 4.84. The fourth-order valence-corrected chi connectivity index (χ4v) is 2.24. The molecule has 2 aromatic carbocycles. The van der Waals surface area contributed by atoms with E-state index in [1.807, 2.05) is 36.4 Å². The summed E-state index contributed by atoms with van der Waals surface area (Å²) >= 11 is 0. The van der Waals surface area contributed by atoms with Gasteiger partial charge in [-0.25, -0.2) is 4.79 Å². The van der Waals surface area contributed by atoms with Crippen molar-refractivity contribution >= 4 is 16.7 Å². The molecule has 5 heteroatoms. The number of hydrogen-bond acceptors (Lipinski definition) is 5. The molecule has 1 unspecified atom stereocenters. The Bertz CT molecular complexity index is 680. The summed E-state index contributed by atoms with van der Waals surface area (Å²) in [6.07, 6.45) is 0.609. The van der Waals surface area contributed by atoms with E-state index in [0.29, 0.717) is 5.75 Å². The number of methoxy groups -OCH3 is 2. The molecule has 5 nitrogen and oxygen atoms in total. The van der Waals surface area contributed by atoms with Crippen LogP contribution in [0.15, 0.2) is 49.1 Å². The van der Waals surface area contributed by atoms with Crippen molar-refractivity contribution in [3.63, 3.8) is 0 Å². The summed E-state index contributed by atoms with van der Waals surface area (Å²) in [7, 11) is 3.17. The third kappa shape index (κ3) is 4.23. The minimum absolute atomic E-state index is 0.184. The van der Waals surface area contributed by atoms with E-state index < -0.39 is 12.1 Å². The molecule has 0 radical (unpaired) electrons. The Kier molecular flexibility index (Phi) is 6.00. The van der Waals surface area contributed by atoms with Gasteiger partial charge in [-0.1, -0.05) is 30.8 Å². The molecule has 0 bridgehead atoms. The maximum Gasteiger partial charge on any atom is 0.330 e. The highest BCUT2D eigenvalue weighted by Crippen LogP contribution is 2.32. The molecule has 122 valence electrons. The molecule has 0 saturated carbocycles. The van der Waals surface area contributed by atoms with Crippen molar-refractivity contribution in [3.8, 4) is 11.5 Å². The van der Waals surface area contributed by atoms with Gasteiger partial charge in [0.2, 0.25) is 0 Å². The highest BCUT2D eigenvalue weighted by molar-refractivity contribution is 5.93. The van der Waals surface area contributed by atoms with Crippen LogP contribution in [-0.4, -0.2) is 39.5 Å². The first-order valence-corrected chi connectivity index (χ1v) is 7.20. The van der Waals surface area contributed by atoms with Crippen LogP contribution in [0.4, 0.5) is 0 Å². The highest BCUT2D eigenvalue weighted by atomic mass is 16.6. The minimum Gasteiger partial charge on any atom is -0.496 e. The molecule has 0 N–H and O–H groups in total. The molecule has 0 heterocycles. The van der Waals surface area contributed by atoms with Crippen LogP contribution in [-0.2, 0) is 14.3 Å². The zero-order valence-corrected chi connectivity index (χ0v) is 13.3. The van der Waals surface area contributed by atoms with Gasteiger partial charge >= 0.3 is 5.97 Å². The summed E-state index contributed by atoms with van der Waals surface area (Å²) in [5, 5.41) is 1.89. The molecular weight excluding hydrogens is 296 g/mol. The molecule has 2 aromatic rings.